The van der Waals surface area contributed by atoms with Gasteiger partial charge in [0.25, 0.3) is 0 Å². The van der Waals surface area contributed by atoms with Gasteiger partial charge in [0, 0.05) is 15.2 Å². The van der Waals surface area contributed by atoms with Gasteiger partial charge in [-0.25, -0.2) is 0 Å². The maximum absolute atomic E-state index is 5.98. The highest BCUT2D eigenvalue weighted by Crippen LogP contribution is 2.30. The van der Waals surface area contributed by atoms with Crippen molar-refractivity contribution in [3.8, 4) is 0 Å². The van der Waals surface area contributed by atoms with Crippen molar-refractivity contribution in [3.05, 3.63) is 27.7 Å². The van der Waals surface area contributed by atoms with E-state index in [9.17, 15) is 0 Å². The van der Waals surface area contributed by atoms with Crippen LogP contribution in [0, 0.1) is 0 Å². The zero-order valence-corrected chi connectivity index (χ0v) is 12.9. The van der Waals surface area contributed by atoms with Gasteiger partial charge in [0.1, 0.15) is 0 Å². The van der Waals surface area contributed by atoms with E-state index in [-0.39, 0.29) is 5.54 Å². The predicted molar refractivity (Wildman–Crippen MR) is 81.4 cm³/mol. The summed E-state index contributed by atoms with van der Waals surface area (Å²) in [6.45, 7) is 4.31. The molecule has 2 nitrogen and oxygen atoms in total. The number of halogens is 2. The monoisotopic (exact) mass is 332 g/mol. The van der Waals surface area contributed by atoms with Crippen molar-refractivity contribution >= 4 is 50.1 Å². The molecule has 1 N–H and O–H groups in total. The molecule has 0 atom stereocenters. The van der Waals surface area contributed by atoms with E-state index in [2.05, 4.69) is 40.1 Å². The smallest absolute Gasteiger partial charge is 0.161 e. The van der Waals surface area contributed by atoms with Crippen molar-refractivity contribution in [2.45, 2.75) is 25.8 Å². The summed E-state index contributed by atoms with van der Waals surface area (Å²) in [5.74, 6) is 1.09. The van der Waals surface area contributed by atoms with E-state index in [0.29, 0.717) is 0 Å². The number of benzene rings is 1. The number of aliphatic imine (C=N–C) groups is 1. The first-order valence-electron chi connectivity index (χ1n) is 5.41. The van der Waals surface area contributed by atoms with Crippen molar-refractivity contribution in [2.24, 2.45) is 4.99 Å². The van der Waals surface area contributed by atoms with E-state index in [1.54, 1.807) is 11.8 Å². The number of hydrogen-bond donors (Lipinski definition) is 1. The SMILES string of the molecule is CC1(C)CCSC(Nc2cc(Cl)ccc2Br)=N1. The third kappa shape index (κ3) is 3.63. The van der Waals surface area contributed by atoms with E-state index in [4.69, 9.17) is 11.6 Å². The van der Waals surface area contributed by atoms with Crippen LogP contribution in [-0.4, -0.2) is 16.5 Å². The van der Waals surface area contributed by atoms with E-state index in [1.807, 2.05) is 18.2 Å². The second-order valence-corrected chi connectivity index (χ2v) is 6.95. The topological polar surface area (TPSA) is 24.4 Å². The van der Waals surface area contributed by atoms with Crippen molar-refractivity contribution in [1.29, 1.82) is 0 Å². The molecule has 0 aromatic heterocycles. The maximum atomic E-state index is 5.98. The summed E-state index contributed by atoms with van der Waals surface area (Å²) in [5.41, 5.74) is 0.986. The quantitative estimate of drug-likeness (QED) is 0.799. The Kier molecular flexibility index (Phi) is 4.06. The second kappa shape index (κ2) is 5.21. The Balaban J connectivity index is 2.21. The van der Waals surface area contributed by atoms with E-state index in [1.165, 1.54) is 0 Å². The number of thioether (sulfide) groups is 1. The molecular formula is C12H14BrClN2S. The Labute approximate surface area is 119 Å². The van der Waals surface area contributed by atoms with Gasteiger partial charge in [-0.15, -0.1) is 0 Å². The van der Waals surface area contributed by atoms with Gasteiger partial charge in [0.15, 0.2) is 5.17 Å². The average Bonchev–Trinajstić information content (AvgIpc) is 2.22. The Hall–Kier alpha value is -0.190. The van der Waals surface area contributed by atoms with E-state index in [0.717, 1.165) is 32.5 Å². The lowest BCUT2D eigenvalue weighted by molar-refractivity contribution is 0.507. The molecule has 1 heterocycles. The van der Waals surface area contributed by atoms with E-state index < -0.39 is 0 Å². The highest BCUT2D eigenvalue weighted by atomic mass is 79.9. The number of anilines is 1. The summed E-state index contributed by atoms with van der Waals surface area (Å²) >= 11 is 11.2. The number of amidine groups is 1. The standard InChI is InChI=1S/C12H14BrClN2S/c1-12(2)5-6-17-11(16-12)15-10-7-8(14)3-4-9(10)13/h3-4,7H,5-6H2,1-2H3,(H,15,16). The minimum absolute atomic E-state index is 0.0264. The Morgan fingerprint density at radius 3 is 2.94 bits per heavy atom. The molecular weight excluding hydrogens is 320 g/mol. The first-order valence-corrected chi connectivity index (χ1v) is 7.57. The number of rotatable bonds is 1. The molecule has 0 radical (unpaired) electrons. The summed E-state index contributed by atoms with van der Waals surface area (Å²) in [6, 6.07) is 5.69. The van der Waals surface area contributed by atoms with Gasteiger partial charge in [0.2, 0.25) is 0 Å². The molecule has 1 aromatic carbocycles. The molecule has 2 rings (SSSR count). The maximum Gasteiger partial charge on any atom is 0.161 e. The molecule has 1 aliphatic rings. The zero-order valence-electron chi connectivity index (χ0n) is 9.76. The van der Waals surface area contributed by atoms with Gasteiger partial charge in [0.05, 0.1) is 11.2 Å². The Morgan fingerprint density at radius 1 is 1.47 bits per heavy atom. The van der Waals surface area contributed by atoms with Gasteiger partial charge in [-0.1, -0.05) is 23.4 Å². The normalized spacial score (nSPS) is 18.7. The summed E-state index contributed by atoms with van der Waals surface area (Å²) in [6.07, 6.45) is 1.11. The second-order valence-electron chi connectivity index (χ2n) is 4.58. The summed E-state index contributed by atoms with van der Waals surface area (Å²) in [4.78, 5) is 4.68. The van der Waals surface area contributed by atoms with Crippen molar-refractivity contribution < 1.29 is 0 Å². The van der Waals surface area contributed by atoms with Gasteiger partial charge < -0.3 is 5.32 Å². The summed E-state index contributed by atoms with van der Waals surface area (Å²) < 4.78 is 0.994. The molecule has 1 aromatic rings. The van der Waals surface area contributed by atoms with Gasteiger partial charge in [-0.2, -0.15) is 0 Å². The summed E-state index contributed by atoms with van der Waals surface area (Å²) in [7, 11) is 0. The van der Waals surface area contributed by atoms with Crippen LogP contribution in [0.1, 0.15) is 20.3 Å². The van der Waals surface area contributed by atoms with Gasteiger partial charge >= 0.3 is 0 Å². The number of nitrogens with one attached hydrogen (secondary N) is 1. The zero-order chi connectivity index (χ0) is 12.5. The Morgan fingerprint density at radius 2 is 2.24 bits per heavy atom. The lowest BCUT2D eigenvalue weighted by Gasteiger charge is -2.26. The molecule has 0 spiro atoms. The fourth-order valence-corrected chi connectivity index (χ4v) is 3.34. The third-order valence-corrected chi connectivity index (χ3v) is 4.33. The van der Waals surface area contributed by atoms with Crippen LogP contribution in [0.2, 0.25) is 5.02 Å². The summed E-state index contributed by atoms with van der Waals surface area (Å²) in [5, 5.41) is 5.01. The van der Waals surface area contributed by atoms with Crippen molar-refractivity contribution in [2.75, 3.05) is 11.1 Å². The number of hydrogen-bond acceptors (Lipinski definition) is 3. The third-order valence-electron chi connectivity index (χ3n) is 2.53. The minimum atomic E-state index is 0.0264. The van der Waals surface area contributed by atoms with Crippen LogP contribution >= 0.6 is 39.3 Å². The molecule has 0 amide bonds. The molecule has 1 aliphatic heterocycles. The molecule has 0 fully saturated rings. The molecule has 17 heavy (non-hydrogen) atoms. The van der Waals surface area contributed by atoms with Gasteiger partial charge in [-0.05, 0) is 54.4 Å². The molecule has 0 bridgehead atoms. The highest BCUT2D eigenvalue weighted by molar-refractivity contribution is 9.10. The number of nitrogens with zero attached hydrogens (tertiary/aromatic N) is 1. The lowest BCUT2D eigenvalue weighted by atomic mass is 10.0. The van der Waals surface area contributed by atoms with Gasteiger partial charge in [-0.3, -0.25) is 4.99 Å². The van der Waals surface area contributed by atoms with Crippen LogP contribution in [0.25, 0.3) is 0 Å². The van der Waals surface area contributed by atoms with E-state index >= 15 is 0 Å². The molecule has 0 saturated heterocycles. The first-order chi connectivity index (χ1) is 7.96. The molecule has 92 valence electrons. The van der Waals surface area contributed by atoms with Crippen LogP contribution in [-0.2, 0) is 0 Å². The van der Waals surface area contributed by atoms with Crippen LogP contribution in [0.5, 0.6) is 0 Å². The first kappa shape index (κ1) is 13.2. The molecule has 0 aliphatic carbocycles. The van der Waals surface area contributed by atoms with Crippen LogP contribution in [0.4, 0.5) is 5.69 Å². The Bertz CT molecular complexity index is 460. The van der Waals surface area contributed by atoms with Crippen molar-refractivity contribution in [1.82, 2.24) is 0 Å². The minimum Gasteiger partial charge on any atom is -0.334 e. The predicted octanol–water partition coefficient (Wildman–Crippen LogP) is 4.79. The van der Waals surface area contributed by atoms with Crippen LogP contribution in [0.15, 0.2) is 27.7 Å². The largest absolute Gasteiger partial charge is 0.334 e. The van der Waals surface area contributed by atoms with Crippen LogP contribution < -0.4 is 5.32 Å². The fraction of sp³-hybridized carbons (Fsp3) is 0.417. The molecule has 5 heteroatoms. The molecule has 0 saturated carbocycles. The highest BCUT2D eigenvalue weighted by Gasteiger charge is 2.22. The van der Waals surface area contributed by atoms with Crippen molar-refractivity contribution in [3.63, 3.8) is 0 Å². The average molecular weight is 334 g/mol. The lowest BCUT2D eigenvalue weighted by Crippen LogP contribution is -2.27. The molecule has 0 unspecified atom stereocenters. The van der Waals surface area contributed by atoms with Crippen LogP contribution in [0.3, 0.4) is 0 Å². The fourth-order valence-electron chi connectivity index (χ4n) is 1.53.